The third kappa shape index (κ3) is 3.47. The van der Waals surface area contributed by atoms with Gasteiger partial charge in [-0.2, -0.15) is 0 Å². The number of pyridine rings is 1. The summed E-state index contributed by atoms with van der Waals surface area (Å²) in [5.41, 5.74) is 0.359. The number of nitrogens with zero attached hydrogens (tertiary/aromatic N) is 1. The number of alkyl halides is 1. The molecule has 22 heavy (non-hydrogen) atoms. The largest absolute Gasteiger partial charge is 0.496 e. The van der Waals surface area contributed by atoms with Crippen LogP contribution >= 0.6 is 11.6 Å². The van der Waals surface area contributed by atoms with Gasteiger partial charge in [0.15, 0.2) is 0 Å². The normalized spacial score (nSPS) is 22.6. The van der Waals surface area contributed by atoms with E-state index in [9.17, 15) is 10.2 Å². The topological polar surface area (TPSA) is 71.8 Å². The molecule has 1 aliphatic rings. The molecular formula is C15H23BClNO4. The molecule has 2 heterocycles. The van der Waals surface area contributed by atoms with Gasteiger partial charge in [0.1, 0.15) is 6.10 Å². The molecule has 5 nitrogen and oxygen atoms in total. The van der Waals surface area contributed by atoms with Crippen molar-refractivity contribution in [3.8, 4) is 0 Å². The fourth-order valence-corrected chi connectivity index (χ4v) is 2.40. The Labute approximate surface area is 136 Å². The highest BCUT2D eigenvalue weighted by Gasteiger charge is 2.51. The Hall–Kier alpha value is -0.655. The van der Waals surface area contributed by atoms with Crippen molar-refractivity contribution < 1.29 is 19.5 Å². The van der Waals surface area contributed by atoms with Crippen LogP contribution < -0.4 is 5.46 Å². The van der Waals surface area contributed by atoms with Gasteiger partial charge in [-0.15, -0.1) is 11.6 Å². The van der Waals surface area contributed by atoms with Crippen molar-refractivity contribution in [3.05, 3.63) is 24.0 Å². The molecule has 1 aliphatic heterocycles. The van der Waals surface area contributed by atoms with Crippen LogP contribution in [0.5, 0.6) is 0 Å². The molecule has 0 bridgehead atoms. The van der Waals surface area contributed by atoms with Gasteiger partial charge >= 0.3 is 7.12 Å². The Morgan fingerprint density at radius 2 is 1.77 bits per heavy atom. The molecule has 1 saturated heterocycles. The van der Waals surface area contributed by atoms with Gasteiger partial charge in [-0.3, -0.25) is 4.98 Å². The molecule has 0 aromatic carbocycles. The average molecular weight is 328 g/mol. The first kappa shape index (κ1) is 17.7. The maximum Gasteiger partial charge on any atom is 0.496 e. The molecule has 0 aliphatic carbocycles. The predicted octanol–water partition coefficient (Wildman–Crippen LogP) is 1.40. The zero-order valence-corrected chi connectivity index (χ0v) is 14.2. The van der Waals surface area contributed by atoms with Gasteiger partial charge in [0.2, 0.25) is 0 Å². The molecule has 2 N–H and O–H groups in total. The molecule has 2 rings (SSSR count). The van der Waals surface area contributed by atoms with Crippen LogP contribution in [0.1, 0.15) is 45.9 Å². The standard InChI is InChI=1S/C15H23BClNO4/c1-14(2)15(3,4)22-16(21-14)10-5-6-11(18-9-10)13(20)12(19)7-8-17/h5-6,9,12-13,19-20H,7-8H2,1-4H3. The van der Waals surface area contributed by atoms with E-state index in [1.54, 1.807) is 18.3 Å². The summed E-state index contributed by atoms with van der Waals surface area (Å²) >= 11 is 5.57. The van der Waals surface area contributed by atoms with E-state index in [2.05, 4.69) is 4.98 Å². The first-order chi connectivity index (χ1) is 10.2. The van der Waals surface area contributed by atoms with E-state index < -0.39 is 30.5 Å². The highest BCUT2D eigenvalue weighted by molar-refractivity contribution is 6.62. The lowest BCUT2D eigenvalue weighted by atomic mass is 9.80. The number of aliphatic hydroxyl groups is 2. The summed E-state index contributed by atoms with van der Waals surface area (Å²) in [6.45, 7) is 7.95. The summed E-state index contributed by atoms with van der Waals surface area (Å²) in [7, 11) is -0.489. The zero-order chi connectivity index (χ0) is 16.5. The van der Waals surface area contributed by atoms with Crippen molar-refractivity contribution in [1.82, 2.24) is 4.98 Å². The lowest BCUT2D eigenvalue weighted by Gasteiger charge is -2.32. The summed E-state index contributed by atoms with van der Waals surface area (Å²) in [6, 6.07) is 3.46. The molecule has 7 heteroatoms. The Kier molecular flexibility index (Phi) is 5.19. The van der Waals surface area contributed by atoms with Gasteiger partial charge in [-0.25, -0.2) is 0 Å². The molecule has 1 fully saturated rings. The average Bonchev–Trinajstić information content (AvgIpc) is 2.67. The molecule has 2 unspecified atom stereocenters. The first-order valence-electron chi connectivity index (χ1n) is 7.41. The van der Waals surface area contributed by atoms with E-state index in [0.29, 0.717) is 12.1 Å². The smallest absolute Gasteiger partial charge is 0.399 e. The van der Waals surface area contributed by atoms with Crippen LogP contribution in [0.2, 0.25) is 0 Å². The number of hydrogen-bond donors (Lipinski definition) is 2. The van der Waals surface area contributed by atoms with E-state index in [0.717, 1.165) is 5.46 Å². The number of hydrogen-bond acceptors (Lipinski definition) is 5. The minimum Gasteiger partial charge on any atom is -0.399 e. The molecule has 0 amide bonds. The van der Waals surface area contributed by atoms with Gasteiger partial charge in [0.25, 0.3) is 0 Å². The molecule has 0 spiro atoms. The van der Waals surface area contributed by atoms with Crippen molar-refractivity contribution >= 4 is 24.2 Å². The number of rotatable bonds is 5. The SMILES string of the molecule is CC1(C)OB(c2ccc(C(O)C(O)CCCl)nc2)OC1(C)C. The predicted molar refractivity (Wildman–Crippen MR) is 86.3 cm³/mol. The monoisotopic (exact) mass is 327 g/mol. The minimum atomic E-state index is -1.05. The molecule has 2 atom stereocenters. The van der Waals surface area contributed by atoms with Crippen LogP contribution in [0.25, 0.3) is 0 Å². The lowest BCUT2D eigenvalue weighted by molar-refractivity contribution is 0.00578. The molecule has 1 aromatic heterocycles. The lowest BCUT2D eigenvalue weighted by Crippen LogP contribution is -2.41. The van der Waals surface area contributed by atoms with E-state index in [4.69, 9.17) is 20.9 Å². The van der Waals surface area contributed by atoms with Crippen molar-refractivity contribution in [3.63, 3.8) is 0 Å². The maximum atomic E-state index is 10.0. The van der Waals surface area contributed by atoms with E-state index in [1.165, 1.54) is 0 Å². The van der Waals surface area contributed by atoms with Gasteiger partial charge in [0.05, 0.1) is 23.0 Å². The van der Waals surface area contributed by atoms with E-state index >= 15 is 0 Å². The van der Waals surface area contributed by atoms with Crippen LogP contribution in [0.3, 0.4) is 0 Å². The molecule has 122 valence electrons. The number of aromatic nitrogens is 1. The Morgan fingerprint density at radius 3 is 2.23 bits per heavy atom. The maximum absolute atomic E-state index is 10.0. The van der Waals surface area contributed by atoms with Crippen LogP contribution in [-0.4, -0.2) is 45.5 Å². The van der Waals surface area contributed by atoms with Gasteiger partial charge < -0.3 is 19.5 Å². The van der Waals surface area contributed by atoms with Crippen molar-refractivity contribution in [1.29, 1.82) is 0 Å². The number of aliphatic hydroxyl groups excluding tert-OH is 2. The summed E-state index contributed by atoms with van der Waals surface area (Å²) in [4.78, 5) is 4.21. The van der Waals surface area contributed by atoms with Crippen molar-refractivity contribution in [2.75, 3.05) is 5.88 Å². The molecular weight excluding hydrogens is 304 g/mol. The van der Waals surface area contributed by atoms with Crippen LogP contribution in [0.4, 0.5) is 0 Å². The highest BCUT2D eigenvalue weighted by atomic mass is 35.5. The summed E-state index contributed by atoms with van der Waals surface area (Å²) < 4.78 is 11.9. The second-order valence-corrected chi connectivity index (χ2v) is 6.97. The minimum absolute atomic E-state index is 0.282. The van der Waals surface area contributed by atoms with Gasteiger partial charge in [0, 0.05) is 17.5 Å². The van der Waals surface area contributed by atoms with Gasteiger partial charge in [-0.1, -0.05) is 6.07 Å². The second-order valence-electron chi connectivity index (χ2n) is 6.59. The van der Waals surface area contributed by atoms with Crippen molar-refractivity contribution in [2.24, 2.45) is 0 Å². The van der Waals surface area contributed by atoms with Crippen LogP contribution in [-0.2, 0) is 9.31 Å². The second kappa shape index (κ2) is 6.45. The summed E-state index contributed by atoms with van der Waals surface area (Å²) in [5.74, 6) is 0.282. The highest BCUT2D eigenvalue weighted by Crippen LogP contribution is 2.36. The van der Waals surface area contributed by atoms with Crippen LogP contribution in [0, 0.1) is 0 Å². The molecule has 1 aromatic rings. The summed E-state index contributed by atoms with van der Waals surface area (Å²) in [5, 5.41) is 19.8. The Bertz CT molecular complexity index is 493. The van der Waals surface area contributed by atoms with Crippen molar-refractivity contribution in [2.45, 2.75) is 57.5 Å². The molecule has 0 saturated carbocycles. The number of halogens is 1. The Morgan fingerprint density at radius 1 is 1.18 bits per heavy atom. The van der Waals surface area contributed by atoms with E-state index in [-0.39, 0.29) is 5.88 Å². The van der Waals surface area contributed by atoms with Crippen LogP contribution in [0.15, 0.2) is 18.3 Å². The fourth-order valence-electron chi connectivity index (χ4n) is 2.18. The van der Waals surface area contributed by atoms with Gasteiger partial charge in [-0.05, 0) is 40.2 Å². The first-order valence-corrected chi connectivity index (χ1v) is 7.95. The zero-order valence-electron chi connectivity index (χ0n) is 13.4. The van der Waals surface area contributed by atoms with E-state index in [1.807, 2.05) is 27.7 Å². The summed E-state index contributed by atoms with van der Waals surface area (Å²) in [6.07, 6.45) is -0.0592. The third-order valence-corrected chi connectivity index (χ3v) is 4.63. The Balaban J connectivity index is 2.10. The quantitative estimate of drug-likeness (QED) is 0.632. The molecule has 0 radical (unpaired) electrons. The fraction of sp³-hybridized carbons (Fsp3) is 0.667. The third-order valence-electron chi connectivity index (χ3n) is 4.41.